The Morgan fingerprint density at radius 1 is 0.714 bits per heavy atom. The summed E-state index contributed by atoms with van der Waals surface area (Å²) in [4.78, 5) is 75.0. The first-order chi connectivity index (χ1) is 34.1. The Bertz CT molecular complexity index is 2590. The van der Waals surface area contributed by atoms with E-state index in [0.717, 1.165) is 152 Å². The van der Waals surface area contributed by atoms with Crippen LogP contribution in [0.4, 0.5) is 16.3 Å². The van der Waals surface area contributed by atoms with Crippen molar-refractivity contribution >= 4 is 41.2 Å². The van der Waals surface area contributed by atoms with Crippen molar-refractivity contribution in [3.63, 3.8) is 0 Å². The predicted molar refractivity (Wildman–Crippen MR) is 265 cm³/mol. The van der Waals surface area contributed by atoms with Gasteiger partial charge in [0.15, 0.2) is 0 Å². The van der Waals surface area contributed by atoms with Gasteiger partial charge in [-0.3, -0.25) is 24.5 Å². The van der Waals surface area contributed by atoms with Gasteiger partial charge in [0.1, 0.15) is 34.6 Å². The second kappa shape index (κ2) is 19.8. The normalized spacial score (nSPS) is 23.2. The zero-order chi connectivity index (χ0) is 47.9. The van der Waals surface area contributed by atoms with Crippen molar-refractivity contribution in [1.82, 2.24) is 34.7 Å². The molecule has 8 heterocycles. The third-order valence-corrected chi connectivity index (χ3v) is 16.8. The van der Waals surface area contributed by atoms with Crippen molar-refractivity contribution in [3.8, 4) is 22.8 Å². The van der Waals surface area contributed by atoms with Gasteiger partial charge in [-0.05, 0) is 161 Å². The van der Waals surface area contributed by atoms with Gasteiger partial charge in [0.2, 0.25) is 11.8 Å². The van der Waals surface area contributed by atoms with Gasteiger partial charge in [0.05, 0.1) is 6.04 Å². The minimum Gasteiger partial charge on any atom is -0.457 e. The molecule has 11 rings (SSSR count). The van der Waals surface area contributed by atoms with Crippen LogP contribution in [0.25, 0.3) is 11.3 Å². The molecule has 7 aliphatic rings. The summed E-state index contributed by atoms with van der Waals surface area (Å²) in [6, 6.07) is 23.2. The Kier molecular flexibility index (Phi) is 13.0. The summed E-state index contributed by atoms with van der Waals surface area (Å²) in [6.07, 6.45) is 10.2. The van der Waals surface area contributed by atoms with Gasteiger partial charge in [-0.25, -0.2) is 9.48 Å². The summed E-state index contributed by atoms with van der Waals surface area (Å²) >= 11 is 0. The Morgan fingerprint density at radius 2 is 1.37 bits per heavy atom. The Labute approximate surface area is 409 Å². The lowest BCUT2D eigenvalue weighted by Gasteiger charge is -2.43. The third kappa shape index (κ3) is 9.34. The number of hydrogen-bond donors (Lipinski definition) is 3. The molecule has 5 fully saturated rings. The minimum atomic E-state index is -0.603. The average molecular weight is 951 g/mol. The van der Waals surface area contributed by atoms with Gasteiger partial charge in [0.25, 0.3) is 11.8 Å². The molecule has 0 aliphatic carbocycles. The molecule has 5 saturated heterocycles. The summed E-state index contributed by atoms with van der Waals surface area (Å²) < 4.78 is 8.06. The summed E-state index contributed by atoms with van der Waals surface area (Å²) in [5, 5.41) is 10.9. The van der Waals surface area contributed by atoms with Crippen LogP contribution < -0.4 is 26.0 Å². The number of nitrogens with one attached hydrogen (secondary N) is 2. The number of piperidine rings is 5. The van der Waals surface area contributed by atoms with Crippen molar-refractivity contribution in [2.45, 2.75) is 89.3 Å². The van der Waals surface area contributed by atoms with E-state index in [-0.39, 0.29) is 36.2 Å². The van der Waals surface area contributed by atoms with Crippen LogP contribution in [0.5, 0.6) is 11.5 Å². The number of nitrogens with two attached hydrogens (primary N) is 1. The first kappa shape index (κ1) is 46.0. The highest BCUT2D eigenvalue weighted by Gasteiger charge is 2.41. The summed E-state index contributed by atoms with van der Waals surface area (Å²) in [5.41, 5.74) is 10.6. The van der Waals surface area contributed by atoms with E-state index in [4.69, 9.17) is 15.6 Å². The van der Waals surface area contributed by atoms with Crippen LogP contribution in [0.2, 0.25) is 0 Å². The van der Waals surface area contributed by atoms with Gasteiger partial charge in [0, 0.05) is 82.1 Å². The molecule has 368 valence electrons. The van der Waals surface area contributed by atoms with E-state index < -0.39 is 11.9 Å². The lowest BCUT2D eigenvalue weighted by Crippen LogP contribution is -2.52. The standard InChI is InChI=1S/C54H66N10O6/c55-50(66)48-49(39-6-9-43(10-7-39)70-42-4-2-1-3-5-42)58-64-45(14-23-56-51(48)64)38-17-24-59(25-18-38)33-35-15-26-61(27-16-35)54(69)62-30-21-37(22-31-62)36-19-28-60(29-20-36)41-8-11-44-40(32-41)34-63(53(44)68)46-12-13-47(65)57-52(46)67/h1-11,32,35-38,45-46,56H,12-31,33-34H2,(H2,55,66)(H,57,65,67)/t45-,46?/m0/s1. The number of benzene rings is 3. The Balaban J connectivity index is 0.609. The molecular weight excluding hydrogens is 885 g/mol. The fourth-order valence-electron chi connectivity index (χ4n) is 12.8. The number of nitrogens with zero attached hydrogens (tertiary/aromatic N) is 7. The molecule has 0 saturated carbocycles. The number of urea groups is 1. The van der Waals surface area contributed by atoms with Crippen molar-refractivity contribution in [2.75, 3.05) is 75.7 Å². The lowest BCUT2D eigenvalue weighted by atomic mass is 9.78. The molecule has 4 aromatic rings. The third-order valence-electron chi connectivity index (χ3n) is 16.8. The number of amides is 6. The number of ether oxygens (including phenoxy) is 1. The molecule has 6 amide bonds. The van der Waals surface area contributed by atoms with E-state index in [0.29, 0.717) is 59.2 Å². The zero-order valence-electron chi connectivity index (χ0n) is 40.1. The number of primary amides is 1. The fourth-order valence-corrected chi connectivity index (χ4v) is 12.8. The van der Waals surface area contributed by atoms with Gasteiger partial charge in [-0.2, -0.15) is 5.10 Å². The predicted octanol–water partition coefficient (Wildman–Crippen LogP) is 6.73. The molecule has 0 bridgehead atoms. The number of hydrogen-bond acceptors (Lipinski definition) is 10. The zero-order valence-corrected chi connectivity index (χ0v) is 40.1. The number of rotatable bonds is 10. The van der Waals surface area contributed by atoms with Crippen molar-refractivity contribution in [1.29, 1.82) is 0 Å². The first-order valence-corrected chi connectivity index (χ1v) is 25.9. The van der Waals surface area contributed by atoms with Gasteiger partial charge in [-0.15, -0.1) is 0 Å². The highest BCUT2D eigenvalue weighted by Crippen LogP contribution is 2.41. The van der Waals surface area contributed by atoms with Crippen LogP contribution in [0.15, 0.2) is 72.8 Å². The topological polar surface area (TPSA) is 179 Å². The molecule has 7 aliphatic heterocycles. The molecule has 2 atom stereocenters. The molecule has 4 N–H and O–H groups in total. The van der Waals surface area contributed by atoms with E-state index in [1.807, 2.05) is 66.7 Å². The fraction of sp³-hybridized carbons (Fsp3) is 0.519. The summed E-state index contributed by atoms with van der Waals surface area (Å²) in [5.74, 6) is 3.24. The quantitative estimate of drug-likeness (QED) is 0.144. The SMILES string of the molecule is NC(=O)c1c(-c2ccc(Oc3ccccc3)cc2)nn2c1NCC[C@H]2C1CCN(CC2CCN(C(=O)N3CCC(C4CCN(c5ccc6c(c5)CN(C5CCC(=O)NC5=O)C6=O)CC4)CC3)CC2)CC1. The number of imide groups is 1. The molecule has 16 heteroatoms. The molecule has 0 radical (unpaired) electrons. The molecule has 1 aromatic heterocycles. The van der Waals surface area contributed by atoms with E-state index in [2.05, 4.69) is 41.0 Å². The molecule has 0 spiro atoms. The van der Waals surface area contributed by atoms with Crippen LogP contribution in [-0.4, -0.2) is 131 Å². The van der Waals surface area contributed by atoms with Crippen molar-refractivity contribution in [3.05, 3.63) is 89.5 Å². The second-order valence-electron chi connectivity index (χ2n) is 20.8. The number of fused-ring (bicyclic) bond motifs is 2. The molecule has 16 nitrogen and oxygen atoms in total. The smallest absolute Gasteiger partial charge is 0.319 e. The second-order valence-corrected chi connectivity index (χ2v) is 20.8. The minimum absolute atomic E-state index is 0.135. The van der Waals surface area contributed by atoms with E-state index in [1.54, 1.807) is 4.90 Å². The monoisotopic (exact) mass is 951 g/mol. The summed E-state index contributed by atoms with van der Waals surface area (Å²) in [7, 11) is 0. The number of para-hydroxylation sites is 1. The first-order valence-electron chi connectivity index (χ1n) is 25.9. The van der Waals surface area contributed by atoms with Crippen molar-refractivity contribution in [2.24, 2.45) is 29.4 Å². The number of carbonyl (C=O) groups is 5. The number of carbonyl (C=O) groups excluding carboxylic acids is 5. The molecule has 70 heavy (non-hydrogen) atoms. The van der Waals surface area contributed by atoms with Crippen LogP contribution in [0, 0.1) is 23.7 Å². The van der Waals surface area contributed by atoms with E-state index >= 15 is 0 Å². The van der Waals surface area contributed by atoms with Gasteiger partial charge < -0.3 is 40.3 Å². The van der Waals surface area contributed by atoms with Crippen LogP contribution >= 0.6 is 0 Å². The molecule has 3 aromatic carbocycles. The number of aromatic nitrogens is 2. The summed E-state index contributed by atoms with van der Waals surface area (Å²) in [6.45, 7) is 9.58. The number of anilines is 2. The Morgan fingerprint density at radius 3 is 2.06 bits per heavy atom. The lowest BCUT2D eigenvalue weighted by molar-refractivity contribution is -0.136. The van der Waals surface area contributed by atoms with Gasteiger partial charge >= 0.3 is 6.03 Å². The van der Waals surface area contributed by atoms with Crippen LogP contribution in [-0.2, 0) is 16.1 Å². The highest BCUT2D eigenvalue weighted by atomic mass is 16.5. The van der Waals surface area contributed by atoms with Crippen molar-refractivity contribution < 1.29 is 28.7 Å². The number of likely N-dealkylation sites (tertiary alicyclic amines) is 3. The van der Waals surface area contributed by atoms with Gasteiger partial charge in [-0.1, -0.05) is 18.2 Å². The maximum atomic E-state index is 13.8. The largest absolute Gasteiger partial charge is 0.457 e. The molecular formula is C54H66N10O6. The van der Waals surface area contributed by atoms with Crippen LogP contribution in [0.1, 0.15) is 103 Å². The molecule has 1 unspecified atom stereocenters. The highest BCUT2D eigenvalue weighted by molar-refractivity contribution is 6.06. The van der Waals surface area contributed by atoms with E-state index in [9.17, 15) is 24.0 Å². The van der Waals surface area contributed by atoms with E-state index in [1.165, 1.54) is 0 Å². The Hall–Kier alpha value is -6.42. The maximum absolute atomic E-state index is 13.8. The average Bonchev–Trinajstić information content (AvgIpc) is 3.95. The maximum Gasteiger partial charge on any atom is 0.319 e. The van der Waals surface area contributed by atoms with Crippen LogP contribution in [0.3, 0.4) is 0 Å².